The number of carbonyl (C=O) groups is 2. The van der Waals surface area contributed by atoms with Crippen LogP contribution in [0, 0.1) is 11.6 Å². The lowest BCUT2D eigenvalue weighted by molar-refractivity contribution is 0.0588. The Morgan fingerprint density at radius 1 is 1.00 bits per heavy atom. The number of anilines is 1. The number of nitrogens with zero attached hydrogens (tertiary/aromatic N) is 2. The molecule has 6 nitrogen and oxygen atoms in total. The van der Waals surface area contributed by atoms with E-state index in [4.69, 9.17) is 4.74 Å². The molecule has 0 aliphatic carbocycles. The first kappa shape index (κ1) is 21.4. The quantitative estimate of drug-likeness (QED) is 0.646. The smallest absolute Gasteiger partial charge is 0.257 e. The second-order valence-electron chi connectivity index (χ2n) is 7.46. The Morgan fingerprint density at radius 2 is 1.78 bits per heavy atom. The zero-order chi connectivity index (χ0) is 22.5. The molecule has 1 N–H and O–H groups in total. The molecule has 2 aromatic carbocycles. The molecule has 0 atom stereocenters. The molecule has 4 rings (SSSR count). The zero-order valence-electron chi connectivity index (χ0n) is 17.1. The van der Waals surface area contributed by atoms with Gasteiger partial charge in [-0.15, -0.1) is 0 Å². The summed E-state index contributed by atoms with van der Waals surface area (Å²) in [6.45, 7) is 0.886. The molecule has 1 aromatic heterocycles. The molecule has 32 heavy (non-hydrogen) atoms. The highest BCUT2D eigenvalue weighted by Crippen LogP contribution is 2.24. The van der Waals surface area contributed by atoms with Crippen molar-refractivity contribution in [2.75, 3.05) is 18.4 Å². The number of hydrogen-bond acceptors (Lipinski definition) is 4. The maximum Gasteiger partial charge on any atom is 0.257 e. The Morgan fingerprint density at radius 3 is 2.50 bits per heavy atom. The number of piperidine rings is 1. The topological polar surface area (TPSA) is 71.5 Å². The molecule has 0 spiro atoms. The molecule has 3 aromatic rings. The highest BCUT2D eigenvalue weighted by atomic mass is 19.1. The van der Waals surface area contributed by atoms with Crippen molar-refractivity contribution < 1.29 is 23.1 Å². The van der Waals surface area contributed by atoms with Gasteiger partial charge in [-0.2, -0.15) is 0 Å². The van der Waals surface area contributed by atoms with Crippen LogP contribution in [0.5, 0.6) is 5.75 Å². The maximum atomic E-state index is 13.8. The Bertz CT molecular complexity index is 1120. The highest BCUT2D eigenvalue weighted by molar-refractivity contribution is 6.04. The van der Waals surface area contributed by atoms with E-state index in [1.165, 1.54) is 12.3 Å². The summed E-state index contributed by atoms with van der Waals surface area (Å²) in [5.74, 6) is -1.86. The summed E-state index contributed by atoms with van der Waals surface area (Å²) in [5.41, 5.74) is 1.39. The Kier molecular flexibility index (Phi) is 6.39. The molecule has 1 aliphatic heterocycles. The number of hydrogen-bond donors (Lipinski definition) is 1. The number of pyridine rings is 1. The van der Waals surface area contributed by atoms with Gasteiger partial charge in [0.25, 0.3) is 11.8 Å². The molecule has 1 saturated heterocycles. The third-order valence-electron chi connectivity index (χ3n) is 5.21. The normalized spacial score (nSPS) is 14.1. The van der Waals surface area contributed by atoms with Crippen LogP contribution in [0.3, 0.4) is 0 Å². The van der Waals surface area contributed by atoms with E-state index >= 15 is 0 Å². The van der Waals surface area contributed by atoms with Crippen LogP contribution in [0.1, 0.15) is 33.6 Å². The van der Waals surface area contributed by atoms with Gasteiger partial charge >= 0.3 is 0 Å². The van der Waals surface area contributed by atoms with Gasteiger partial charge in [-0.3, -0.25) is 14.6 Å². The number of rotatable bonds is 5. The van der Waals surface area contributed by atoms with Gasteiger partial charge in [0.2, 0.25) is 0 Å². The highest BCUT2D eigenvalue weighted by Gasteiger charge is 2.25. The number of nitrogens with one attached hydrogen (secondary N) is 1. The van der Waals surface area contributed by atoms with Crippen molar-refractivity contribution >= 4 is 17.5 Å². The molecule has 1 aliphatic rings. The third kappa shape index (κ3) is 5.08. The number of carbonyl (C=O) groups excluding carboxylic acids is 2. The van der Waals surface area contributed by atoms with Gasteiger partial charge in [0.15, 0.2) is 11.6 Å². The first-order valence-electron chi connectivity index (χ1n) is 10.2. The lowest BCUT2D eigenvalue weighted by Crippen LogP contribution is -2.41. The third-order valence-corrected chi connectivity index (χ3v) is 5.21. The summed E-state index contributed by atoms with van der Waals surface area (Å²) < 4.78 is 32.5. The number of ether oxygens (including phenoxy) is 1. The summed E-state index contributed by atoms with van der Waals surface area (Å²) in [6.07, 6.45) is 3.85. The van der Waals surface area contributed by atoms with Crippen LogP contribution >= 0.6 is 0 Å². The van der Waals surface area contributed by atoms with Crippen molar-refractivity contribution in [1.82, 2.24) is 9.88 Å². The lowest BCUT2D eigenvalue weighted by atomic mass is 10.1. The second-order valence-corrected chi connectivity index (χ2v) is 7.46. The molecule has 2 heterocycles. The molecule has 0 saturated carbocycles. The number of halogens is 2. The van der Waals surface area contributed by atoms with Gasteiger partial charge in [0.1, 0.15) is 11.9 Å². The van der Waals surface area contributed by atoms with Crippen LogP contribution in [0.2, 0.25) is 0 Å². The molecule has 2 amide bonds. The second kappa shape index (κ2) is 9.55. The standard InChI is InChI=1S/C24H21F2N3O3/c25-18-6-7-22(21(26)14-18)32-20-8-11-29(12-9-20)24(31)16-3-1-5-19(13-16)28-23(30)17-4-2-10-27-15-17/h1-7,10,13-15,20H,8-9,11-12H2,(H,28,30). The Hall–Kier alpha value is -3.81. The van der Waals surface area contributed by atoms with Gasteiger partial charge in [-0.1, -0.05) is 6.07 Å². The van der Waals surface area contributed by atoms with E-state index < -0.39 is 11.6 Å². The molecule has 0 bridgehead atoms. The van der Waals surface area contributed by atoms with E-state index in [0.29, 0.717) is 42.7 Å². The van der Waals surface area contributed by atoms with Gasteiger partial charge in [0, 0.05) is 55.6 Å². The molecule has 1 fully saturated rings. The first-order valence-corrected chi connectivity index (χ1v) is 10.2. The van der Waals surface area contributed by atoms with Gasteiger partial charge < -0.3 is 15.0 Å². The molecule has 8 heteroatoms. The van der Waals surface area contributed by atoms with E-state index in [-0.39, 0.29) is 23.7 Å². The van der Waals surface area contributed by atoms with Crippen LogP contribution in [0.4, 0.5) is 14.5 Å². The number of benzene rings is 2. The van der Waals surface area contributed by atoms with Crippen molar-refractivity contribution in [3.63, 3.8) is 0 Å². The van der Waals surface area contributed by atoms with Crippen LogP contribution in [-0.2, 0) is 0 Å². The molecular formula is C24H21F2N3O3. The summed E-state index contributed by atoms with van der Waals surface area (Å²) in [6, 6.07) is 13.3. The van der Waals surface area contributed by atoms with Crippen LogP contribution in [-0.4, -0.2) is 40.9 Å². The van der Waals surface area contributed by atoms with Gasteiger partial charge in [-0.25, -0.2) is 8.78 Å². The maximum absolute atomic E-state index is 13.8. The van der Waals surface area contributed by atoms with E-state index in [0.717, 1.165) is 12.1 Å². The lowest BCUT2D eigenvalue weighted by Gasteiger charge is -2.32. The number of aromatic nitrogens is 1. The zero-order valence-corrected chi connectivity index (χ0v) is 17.1. The summed E-state index contributed by atoms with van der Waals surface area (Å²) in [5, 5.41) is 2.77. The van der Waals surface area contributed by atoms with Gasteiger partial charge in [0.05, 0.1) is 5.56 Å². The van der Waals surface area contributed by atoms with E-state index in [2.05, 4.69) is 10.3 Å². The van der Waals surface area contributed by atoms with Crippen molar-refractivity contribution in [2.45, 2.75) is 18.9 Å². The van der Waals surface area contributed by atoms with E-state index in [1.54, 1.807) is 47.5 Å². The number of amides is 2. The molecule has 164 valence electrons. The van der Waals surface area contributed by atoms with Crippen LogP contribution in [0.25, 0.3) is 0 Å². The molecule has 0 radical (unpaired) electrons. The molecular weight excluding hydrogens is 416 g/mol. The van der Waals surface area contributed by atoms with Crippen molar-refractivity contribution in [3.8, 4) is 5.75 Å². The van der Waals surface area contributed by atoms with E-state index in [1.807, 2.05) is 0 Å². The van der Waals surface area contributed by atoms with E-state index in [9.17, 15) is 18.4 Å². The predicted molar refractivity (Wildman–Crippen MR) is 115 cm³/mol. The summed E-state index contributed by atoms with van der Waals surface area (Å²) in [4.78, 5) is 30.9. The largest absolute Gasteiger partial charge is 0.487 e. The summed E-state index contributed by atoms with van der Waals surface area (Å²) in [7, 11) is 0. The average Bonchev–Trinajstić information content (AvgIpc) is 2.81. The SMILES string of the molecule is O=C(Nc1cccc(C(=O)N2CCC(Oc3ccc(F)cc3F)CC2)c1)c1cccnc1. The van der Waals surface area contributed by atoms with Crippen molar-refractivity contribution in [1.29, 1.82) is 0 Å². The minimum absolute atomic E-state index is 0.00763. The predicted octanol–water partition coefficient (Wildman–Crippen LogP) is 4.30. The Labute approximate surface area is 183 Å². The fourth-order valence-corrected chi connectivity index (χ4v) is 3.54. The van der Waals surface area contributed by atoms with Crippen molar-refractivity contribution in [2.24, 2.45) is 0 Å². The summed E-state index contributed by atoms with van der Waals surface area (Å²) >= 11 is 0. The Balaban J connectivity index is 1.35. The fourth-order valence-electron chi connectivity index (χ4n) is 3.54. The van der Waals surface area contributed by atoms with Gasteiger partial charge in [-0.05, 0) is 42.5 Å². The number of likely N-dealkylation sites (tertiary alicyclic amines) is 1. The molecule has 0 unspecified atom stereocenters. The minimum atomic E-state index is -0.742. The monoisotopic (exact) mass is 437 g/mol. The van der Waals surface area contributed by atoms with Crippen LogP contribution in [0.15, 0.2) is 67.0 Å². The fraction of sp³-hybridized carbons (Fsp3) is 0.208. The minimum Gasteiger partial charge on any atom is -0.487 e. The first-order chi connectivity index (χ1) is 15.5. The average molecular weight is 437 g/mol. The van der Waals surface area contributed by atoms with Crippen LogP contribution < -0.4 is 10.1 Å². The van der Waals surface area contributed by atoms with Crippen molar-refractivity contribution in [3.05, 3.63) is 89.8 Å².